The van der Waals surface area contributed by atoms with Gasteiger partial charge in [-0.3, -0.25) is 14.4 Å². The topological polar surface area (TPSA) is 92.8 Å². The van der Waals surface area contributed by atoms with Gasteiger partial charge in [-0.05, 0) is 24.3 Å². The predicted molar refractivity (Wildman–Crippen MR) is 78.0 cm³/mol. The van der Waals surface area contributed by atoms with E-state index in [-0.39, 0.29) is 16.2 Å². The molecule has 126 valence electrons. The van der Waals surface area contributed by atoms with Crippen molar-refractivity contribution in [3.63, 3.8) is 0 Å². The molecular formula is C16H8F2N2O5. The first-order chi connectivity index (χ1) is 11.9. The first-order valence-corrected chi connectivity index (χ1v) is 6.85. The lowest BCUT2D eigenvalue weighted by atomic mass is 10.1. The fourth-order valence-corrected chi connectivity index (χ4v) is 2.16. The van der Waals surface area contributed by atoms with E-state index in [4.69, 9.17) is 0 Å². The number of rotatable bonds is 2. The summed E-state index contributed by atoms with van der Waals surface area (Å²) in [7, 11) is 0. The summed E-state index contributed by atoms with van der Waals surface area (Å²) in [5.41, 5.74) is -0.853. The van der Waals surface area contributed by atoms with E-state index >= 15 is 0 Å². The lowest BCUT2D eigenvalue weighted by Crippen LogP contribution is -2.37. The normalized spacial score (nSPS) is 12.8. The highest BCUT2D eigenvalue weighted by Crippen LogP contribution is 2.23. The molecule has 1 aliphatic rings. The number of carbonyl (C=O) groups is 4. The number of nitrogens with one attached hydrogen (secondary N) is 1. The van der Waals surface area contributed by atoms with Gasteiger partial charge < -0.3 is 10.2 Å². The SMILES string of the molecule is O=C(Nc1c(F)cccc1F)C(=O)ON1C(=O)c2ccccc2C1=O. The molecule has 0 bridgehead atoms. The Labute approximate surface area is 138 Å². The molecule has 7 nitrogen and oxygen atoms in total. The molecule has 2 aromatic rings. The molecule has 2 aromatic carbocycles. The summed E-state index contributed by atoms with van der Waals surface area (Å²) in [6, 6.07) is 8.50. The Kier molecular flexibility index (Phi) is 3.97. The summed E-state index contributed by atoms with van der Waals surface area (Å²) >= 11 is 0. The summed E-state index contributed by atoms with van der Waals surface area (Å²) in [4.78, 5) is 52.0. The minimum Gasteiger partial charge on any atom is -0.320 e. The molecule has 3 rings (SSSR count). The fourth-order valence-electron chi connectivity index (χ4n) is 2.16. The molecule has 1 aliphatic heterocycles. The summed E-state index contributed by atoms with van der Waals surface area (Å²) in [6.45, 7) is 0. The second kappa shape index (κ2) is 6.11. The first kappa shape index (κ1) is 16.2. The summed E-state index contributed by atoms with van der Waals surface area (Å²) in [5.74, 6) is -7.32. The van der Waals surface area contributed by atoms with Crippen LogP contribution in [-0.2, 0) is 14.4 Å². The quantitative estimate of drug-likeness (QED) is 0.659. The van der Waals surface area contributed by atoms with Crippen LogP contribution in [0.5, 0.6) is 0 Å². The summed E-state index contributed by atoms with van der Waals surface area (Å²) in [6.07, 6.45) is 0. The largest absolute Gasteiger partial charge is 0.421 e. The zero-order valence-electron chi connectivity index (χ0n) is 12.3. The number of imide groups is 1. The molecule has 3 amide bonds. The fraction of sp³-hybridized carbons (Fsp3) is 0. The number of nitrogens with zero attached hydrogens (tertiary/aromatic N) is 1. The van der Waals surface area contributed by atoms with E-state index < -0.39 is 41.0 Å². The molecule has 0 aromatic heterocycles. The Morgan fingerprint density at radius 3 is 1.92 bits per heavy atom. The highest BCUT2D eigenvalue weighted by Gasteiger charge is 2.39. The predicted octanol–water partition coefficient (Wildman–Crippen LogP) is 1.66. The van der Waals surface area contributed by atoms with Gasteiger partial charge in [0.2, 0.25) is 0 Å². The molecule has 25 heavy (non-hydrogen) atoms. The average Bonchev–Trinajstić information content (AvgIpc) is 2.83. The van der Waals surface area contributed by atoms with E-state index in [0.29, 0.717) is 0 Å². The third-order valence-electron chi connectivity index (χ3n) is 3.32. The van der Waals surface area contributed by atoms with E-state index in [1.54, 1.807) is 5.32 Å². The van der Waals surface area contributed by atoms with Crippen molar-refractivity contribution in [1.82, 2.24) is 5.06 Å². The second-order valence-electron chi connectivity index (χ2n) is 4.88. The molecule has 1 N–H and O–H groups in total. The van der Waals surface area contributed by atoms with Crippen LogP contribution < -0.4 is 5.32 Å². The van der Waals surface area contributed by atoms with Crippen LogP contribution in [0.15, 0.2) is 42.5 Å². The molecule has 0 unspecified atom stereocenters. The molecule has 1 heterocycles. The van der Waals surface area contributed by atoms with Crippen molar-refractivity contribution in [2.24, 2.45) is 0 Å². The lowest BCUT2D eigenvalue weighted by molar-refractivity contribution is -0.172. The number of hydrogen-bond donors (Lipinski definition) is 1. The van der Waals surface area contributed by atoms with Crippen molar-refractivity contribution in [3.05, 3.63) is 65.2 Å². The average molecular weight is 346 g/mol. The van der Waals surface area contributed by atoms with Gasteiger partial charge in [-0.15, -0.1) is 0 Å². The van der Waals surface area contributed by atoms with Gasteiger partial charge in [0.1, 0.15) is 17.3 Å². The van der Waals surface area contributed by atoms with Gasteiger partial charge in [0.15, 0.2) is 0 Å². The van der Waals surface area contributed by atoms with Gasteiger partial charge in [0.05, 0.1) is 11.1 Å². The van der Waals surface area contributed by atoms with Crippen molar-refractivity contribution >= 4 is 29.4 Å². The molecule has 9 heteroatoms. The van der Waals surface area contributed by atoms with E-state index in [0.717, 1.165) is 18.2 Å². The van der Waals surface area contributed by atoms with Crippen molar-refractivity contribution < 1.29 is 32.8 Å². The van der Waals surface area contributed by atoms with Gasteiger partial charge in [0.25, 0.3) is 11.8 Å². The lowest BCUT2D eigenvalue weighted by Gasteiger charge is -2.12. The van der Waals surface area contributed by atoms with Crippen LogP contribution >= 0.6 is 0 Å². The van der Waals surface area contributed by atoms with Crippen LogP contribution in [0.25, 0.3) is 0 Å². The smallest absolute Gasteiger partial charge is 0.320 e. The van der Waals surface area contributed by atoms with E-state index in [9.17, 15) is 28.0 Å². The molecule has 0 saturated heterocycles. The third-order valence-corrected chi connectivity index (χ3v) is 3.32. The Hall–Kier alpha value is -3.62. The van der Waals surface area contributed by atoms with Crippen LogP contribution in [0.2, 0.25) is 0 Å². The maximum absolute atomic E-state index is 13.5. The Balaban J connectivity index is 1.74. The number of hydroxylamine groups is 2. The van der Waals surface area contributed by atoms with Crippen LogP contribution in [0, 0.1) is 11.6 Å². The monoisotopic (exact) mass is 346 g/mol. The number of halogens is 2. The first-order valence-electron chi connectivity index (χ1n) is 6.85. The third kappa shape index (κ3) is 2.82. The summed E-state index contributed by atoms with van der Waals surface area (Å²) < 4.78 is 26.9. The minimum atomic E-state index is -1.68. The second-order valence-corrected chi connectivity index (χ2v) is 4.88. The maximum atomic E-state index is 13.5. The number of anilines is 1. The minimum absolute atomic E-state index is 0.000793. The standard InChI is InChI=1S/C16H8F2N2O5/c17-10-6-3-7-11(18)12(10)19-13(21)16(24)25-20-14(22)8-4-1-2-5-9(8)15(20)23/h1-7H,(H,19,21). The van der Waals surface area contributed by atoms with E-state index in [1.807, 2.05) is 0 Å². The van der Waals surface area contributed by atoms with E-state index in [2.05, 4.69) is 4.84 Å². The number of fused-ring (bicyclic) bond motifs is 1. The van der Waals surface area contributed by atoms with Gasteiger partial charge in [-0.25, -0.2) is 13.6 Å². The van der Waals surface area contributed by atoms with Crippen molar-refractivity contribution in [2.45, 2.75) is 0 Å². The zero-order chi connectivity index (χ0) is 18.1. The zero-order valence-corrected chi connectivity index (χ0v) is 12.3. The molecule has 0 atom stereocenters. The Morgan fingerprint density at radius 2 is 1.40 bits per heavy atom. The van der Waals surface area contributed by atoms with Gasteiger partial charge in [-0.2, -0.15) is 0 Å². The highest BCUT2D eigenvalue weighted by atomic mass is 19.1. The molecule has 0 aliphatic carbocycles. The molecule has 0 radical (unpaired) electrons. The van der Waals surface area contributed by atoms with Gasteiger partial charge >= 0.3 is 11.9 Å². The van der Waals surface area contributed by atoms with Crippen LogP contribution in [0.1, 0.15) is 20.7 Å². The number of carbonyl (C=O) groups excluding carboxylic acids is 4. The number of hydrogen-bond acceptors (Lipinski definition) is 5. The Morgan fingerprint density at radius 1 is 0.880 bits per heavy atom. The van der Waals surface area contributed by atoms with Crippen molar-refractivity contribution in [1.29, 1.82) is 0 Å². The number of amides is 3. The Bertz CT molecular complexity index is 873. The van der Waals surface area contributed by atoms with Crippen LogP contribution in [-0.4, -0.2) is 28.8 Å². The van der Waals surface area contributed by atoms with Crippen LogP contribution in [0.4, 0.5) is 14.5 Å². The van der Waals surface area contributed by atoms with Gasteiger partial charge in [-0.1, -0.05) is 23.3 Å². The molecule has 0 saturated carbocycles. The molecular weight excluding hydrogens is 338 g/mol. The molecule has 0 spiro atoms. The summed E-state index contributed by atoms with van der Waals surface area (Å²) in [5, 5.41) is 1.81. The van der Waals surface area contributed by atoms with E-state index in [1.165, 1.54) is 24.3 Å². The molecule has 0 fully saturated rings. The maximum Gasteiger partial charge on any atom is 0.421 e. The van der Waals surface area contributed by atoms with Crippen molar-refractivity contribution in [2.75, 3.05) is 5.32 Å². The van der Waals surface area contributed by atoms with Crippen molar-refractivity contribution in [3.8, 4) is 0 Å². The number of benzene rings is 2. The highest BCUT2D eigenvalue weighted by molar-refractivity contribution is 6.38. The van der Waals surface area contributed by atoms with Crippen LogP contribution in [0.3, 0.4) is 0 Å². The van der Waals surface area contributed by atoms with Gasteiger partial charge in [0, 0.05) is 0 Å². The number of para-hydroxylation sites is 1.